The van der Waals surface area contributed by atoms with Crippen molar-refractivity contribution in [2.45, 2.75) is 56.8 Å². The van der Waals surface area contributed by atoms with Crippen molar-refractivity contribution >= 4 is 41.8 Å². The molecule has 1 saturated heterocycles. The maximum atomic E-state index is 16.2. The molecule has 4 atom stereocenters. The molecule has 2 heterocycles. The third-order valence-electron chi connectivity index (χ3n) is 8.42. The van der Waals surface area contributed by atoms with Gasteiger partial charge in [-0.3, -0.25) is 9.59 Å². The van der Waals surface area contributed by atoms with Crippen LogP contribution in [0.25, 0.3) is 0 Å². The van der Waals surface area contributed by atoms with Crippen molar-refractivity contribution in [2.24, 2.45) is 5.92 Å². The lowest BCUT2D eigenvalue weighted by Gasteiger charge is -2.31. The molecule has 0 aromatic heterocycles. The molecule has 9 heteroatoms. The lowest BCUT2D eigenvalue weighted by Crippen LogP contribution is -2.45. The van der Waals surface area contributed by atoms with Gasteiger partial charge in [0, 0.05) is 34.6 Å². The second kappa shape index (κ2) is 11.8. The molecule has 0 bridgehead atoms. The molecule has 1 fully saturated rings. The van der Waals surface area contributed by atoms with Crippen LogP contribution in [0.1, 0.15) is 30.0 Å². The quantitative estimate of drug-likeness (QED) is 0.224. The summed E-state index contributed by atoms with van der Waals surface area (Å²) in [5.74, 6) is -0.952. The molecule has 0 aliphatic carbocycles. The Labute approximate surface area is 250 Å². The van der Waals surface area contributed by atoms with E-state index in [9.17, 15) is 14.7 Å². The van der Waals surface area contributed by atoms with Gasteiger partial charge in [-0.25, -0.2) is 0 Å². The van der Waals surface area contributed by atoms with Gasteiger partial charge in [0.1, 0.15) is 0 Å². The van der Waals surface area contributed by atoms with Crippen LogP contribution in [0.4, 0.5) is 9.80 Å². The fourth-order valence-electron chi connectivity index (χ4n) is 6.66. The third kappa shape index (κ3) is 5.65. The summed E-state index contributed by atoms with van der Waals surface area (Å²) in [5, 5.41) is 9.70. The maximum absolute atomic E-state index is 16.2. The van der Waals surface area contributed by atoms with Gasteiger partial charge < -0.3 is 23.8 Å². The van der Waals surface area contributed by atoms with E-state index in [2.05, 4.69) is 15.9 Å². The van der Waals surface area contributed by atoms with E-state index in [0.717, 1.165) is 21.3 Å². The van der Waals surface area contributed by atoms with Crippen LogP contribution in [0, 0.1) is 5.92 Å². The Morgan fingerprint density at radius 2 is 1.71 bits per heavy atom. The lowest BCUT2D eigenvalue weighted by molar-refractivity contribution is -0.150. The summed E-state index contributed by atoms with van der Waals surface area (Å²) in [4.78, 5) is 31.4. The Balaban J connectivity index is 1.50. The number of rotatable bonds is 9. The molecule has 2 aliphatic rings. The summed E-state index contributed by atoms with van der Waals surface area (Å²) < 4.78 is 23.7. The largest absolute Gasteiger partial charge is 0.395 e. The standard InChI is InChI=1S/C32H36BrFN2O4Si/c1-22-30(41(2,3)34)28(19-29(38)35(16-17-37)20-23-10-6-4-7-11-23)40-32(22)26-18-25(33)14-15-27(26)36(31(32)39)21-24-12-8-5-9-13-24/h4-15,18,22,28,30,37H,16-17,19-21H2,1-3H3/t22-,28+,30-,32+/m0/s1. The number of benzene rings is 3. The number of ether oxygens (including phenoxy) is 1. The number of nitrogens with zero attached hydrogens (tertiary/aromatic N) is 2. The van der Waals surface area contributed by atoms with E-state index in [-0.39, 0.29) is 31.4 Å². The number of halogens is 2. The summed E-state index contributed by atoms with van der Waals surface area (Å²) in [7, 11) is -3.43. The highest BCUT2D eigenvalue weighted by Gasteiger charge is 2.67. The van der Waals surface area contributed by atoms with Crippen molar-refractivity contribution in [2.75, 3.05) is 18.1 Å². The van der Waals surface area contributed by atoms with Crippen LogP contribution < -0.4 is 4.90 Å². The minimum atomic E-state index is -3.43. The smallest absolute Gasteiger partial charge is 0.264 e. The van der Waals surface area contributed by atoms with E-state index in [0.29, 0.717) is 18.7 Å². The first-order valence-corrected chi connectivity index (χ1v) is 17.8. The fourth-order valence-corrected chi connectivity index (χ4v) is 9.51. The van der Waals surface area contributed by atoms with Gasteiger partial charge in [0.25, 0.3) is 5.91 Å². The Bertz CT molecular complexity index is 1400. The minimum absolute atomic E-state index is 0.0702. The van der Waals surface area contributed by atoms with Crippen molar-refractivity contribution in [3.8, 4) is 0 Å². The van der Waals surface area contributed by atoms with Gasteiger partial charge in [-0.2, -0.15) is 0 Å². The number of hydrogen-bond donors (Lipinski definition) is 1. The monoisotopic (exact) mass is 638 g/mol. The number of hydrogen-bond acceptors (Lipinski definition) is 4. The van der Waals surface area contributed by atoms with E-state index >= 15 is 4.11 Å². The van der Waals surface area contributed by atoms with Gasteiger partial charge in [0.2, 0.25) is 14.3 Å². The zero-order valence-electron chi connectivity index (χ0n) is 23.6. The topological polar surface area (TPSA) is 70.1 Å². The van der Waals surface area contributed by atoms with Crippen LogP contribution in [0.5, 0.6) is 0 Å². The summed E-state index contributed by atoms with van der Waals surface area (Å²) >= 11 is 3.56. The highest BCUT2D eigenvalue weighted by molar-refractivity contribution is 9.10. The molecular weight excluding hydrogens is 603 g/mol. The molecule has 1 N–H and O–H groups in total. The number of carbonyl (C=O) groups is 2. The van der Waals surface area contributed by atoms with Gasteiger partial charge in [0.15, 0.2) is 5.60 Å². The fraction of sp³-hybridized carbons (Fsp3) is 0.375. The number of amides is 2. The maximum Gasteiger partial charge on any atom is 0.264 e. The molecule has 6 nitrogen and oxygen atoms in total. The van der Waals surface area contributed by atoms with Crippen LogP contribution >= 0.6 is 15.9 Å². The molecule has 2 aliphatic heterocycles. The zero-order chi connectivity index (χ0) is 29.4. The predicted octanol–water partition coefficient (Wildman–Crippen LogP) is 6.18. The zero-order valence-corrected chi connectivity index (χ0v) is 26.2. The molecule has 3 aromatic rings. The molecule has 216 valence electrons. The van der Waals surface area contributed by atoms with Gasteiger partial charge >= 0.3 is 0 Å². The minimum Gasteiger partial charge on any atom is -0.395 e. The molecular formula is C32H36BrFN2O4Si. The van der Waals surface area contributed by atoms with E-state index in [1.165, 1.54) is 0 Å². The van der Waals surface area contributed by atoms with Crippen LogP contribution in [-0.4, -0.2) is 49.5 Å². The molecule has 5 rings (SSSR count). The first kappa shape index (κ1) is 29.6. The van der Waals surface area contributed by atoms with Gasteiger partial charge in [-0.1, -0.05) is 83.5 Å². The highest BCUT2D eigenvalue weighted by Crippen LogP contribution is 2.60. The summed E-state index contributed by atoms with van der Waals surface area (Å²) in [6.07, 6.45) is -0.854. The summed E-state index contributed by atoms with van der Waals surface area (Å²) in [5.41, 5.74) is 1.36. The normalized spacial score (nSPS) is 23.7. The van der Waals surface area contributed by atoms with Crippen molar-refractivity contribution < 1.29 is 23.5 Å². The van der Waals surface area contributed by atoms with Crippen LogP contribution in [0.2, 0.25) is 18.6 Å². The molecule has 0 radical (unpaired) electrons. The Morgan fingerprint density at radius 3 is 2.32 bits per heavy atom. The van der Waals surface area contributed by atoms with E-state index in [1.54, 1.807) is 22.9 Å². The number of anilines is 1. The van der Waals surface area contributed by atoms with Gasteiger partial charge in [-0.15, -0.1) is 0 Å². The van der Waals surface area contributed by atoms with Crippen molar-refractivity contribution in [3.63, 3.8) is 0 Å². The van der Waals surface area contributed by atoms with Crippen LogP contribution in [0.15, 0.2) is 83.3 Å². The second-order valence-electron chi connectivity index (χ2n) is 11.5. The number of aliphatic hydroxyl groups excluding tert-OH is 1. The van der Waals surface area contributed by atoms with E-state index < -0.39 is 31.6 Å². The average molecular weight is 640 g/mol. The average Bonchev–Trinajstić information content (AvgIpc) is 3.36. The number of fused-ring (bicyclic) bond motifs is 2. The summed E-state index contributed by atoms with van der Waals surface area (Å²) in [6, 6.07) is 25.0. The molecule has 0 unspecified atom stereocenters. The Morgan fingerprint density at radius 1 is 1.07 bits per heavy atom. The predicted molar refractivity (Wildman–Crippen MR) is 163 cm³/mol. The SMILES string of the molecule is C[C@H]1[C@H]([Si](C)(C)F)[C@@H](CC(=O)N(CCO)Cc2ccccc2)O[C@]12C(=O)N(Cc1ccccc1)c1ccc(Br)cc12. The number of aliphatic hydroxyl groups is 1. The second-order valence-corrected chi connectivity index (χ2v) is 16.2. The molecule has 3 aromatic carbocycles. The van der Waals surface area contributed by atoms with E-state index in [1.807, 2.05) is 85.8 Å². The Kier molecular flexibility index (Phi) is 8.53. The van der Waals surface area contributed by atoms with Gasteiger partial charge in [-0.05, 0) is 42.4 Å². The van der Waals surface area contributed by atoms with Crippen LogP contribution in [-0.2, 0) is 33.0 Å². The first-order valence-electron chi connectivity index (χ1n) is 14.0. The lowest BCUT2D eigenvalue weighted by atomic mass is 9.82. The summed E-state index contributed by atoms with van der Waals surface area (Å²) in [6.45, 7) is 5.81. The highest BCUT2D eigenvalue weighted by atomic mass is 79.9. The Hall–Kier alpha value is -2.85. The van der Waals surface area contributed by atoms with Crippen LogP contribution in [0.3, 0.4) is 0 Å². The van der Waals surface area contributed by atoms with Crippen molar-refractivity contribution in [3.05, 3.63) is 100 Å². The molecule has 2 amide bonds. The van der Waals surface area contributed by atoms with Gasteiger partial charge in [0.05, 0.1) is 31.4 Å². The molecule has 41 heavy (non-hydrogen) atoms. The van der Waals surface area contributed by atoms with E-state index in [4.69, 9.17) is 4.74 Å². The first-order chi connectivity index (χ1) is 19.6. The molecule has 1 spiro atoms. The molecule has 0 saturated carbocycles. The number of carbonyl (C=O) groups excluding carboxylic acids is 2. The van der Waals surface area contributed by atoms with Crippen molar-refractivity contribution in [1.29, 1.82) is 0 Å². The van der Waals surface area contributed by atoms with Crippen molar-refractivity contribution in [1.82, 2.24) is 4.90 Å². The third-order valence-corrected chi connectivity index (χ3v) is 11.4.